The molecule has 1 fully saturated rings. The highest BCUT2D eigenvalue weighted by molar-refractivity contribution is 8.02. The highest BCUT2D eigenvalue weighted by atomic mass is 35.5. The lowest BCUT2D eigenvalue weighted by atomic mass is 10.1. The molecule has 0 N–H and O–H groups in total. The first-order valence-electron chi connectivity index (χ1n) is 8.40. The molecule has 0 bridgehead atoms. The fraction of sp³-hybridized carbons (Fsp3) is 0.938. The smallest absolute Gasteiger partial charge is 0.271 e. The highest BCUT2D eigenvalue weighted by Crippen LogP contribution is 2.40. The summed E-state index contributed by atoms with van der Waals surface area (Å²) in [6.07, 6.45) is 7.38. The van der Waals surface area contributed by atoms with Gasteiger partial charge in [-0.3, -0.25) is 4.79 Å². The molecule has 0 unspecified atom stereocenters. The molecule has 1 aliphatic rings. The van der Waals surface area contributed by atoms with Crippen LogP contribution in [0.4, 0.5) is 0 Å². The lowest BCUT2D eigenvalue weighted by Crippen LogP contribution is -2.49. The van der Waals surface area contributed by atoms with E-state index in [0.29, 0.717) is 0 Å². The van der Waals surface area contributed by atoms with E-state index >= 15 is 0 Å². The number of halogens is 2. The number of hydrogen-bond donors (Lipinski definition) is 0. The van der Waals surface area contributed by atoms with E-state index in [9.17, 15) is 4.79 Å². The van der Waals surface area contributed by atoms with Gasteiger partial charge in [0.25, 0.3) is 9.57 Å². The Hall–Kier alpha value is 0.360. The van der Waals surface area contributed by atoms with Gasteiger partial charge in [0, 0.05) is 25.2 Å². The topological polar surface area (TPSA) is 23.6 Å². The third kappa shape index (κ3) is 6.46. The van der Waals surface area contributed by atoms with Crippen LogP contribution in [0, 0.1) is 0 Å². The van der Waals surface area contributed by atoms with Crippen LogP contribution in [0.5, 0.6) is 0 Å². The predicted octanol–water partition coefficient (Wildman–Crippen LogP) is 5.07. The molecule has 0 atom stereocenters. The number of carbonyl (C=O) groups is 1. The first-order chi connectivity index (χ1) is 10.3. The summed E-state index contributed by atoms with van der Waals surface area (Å²) in [4.78, 5) is 14.5. The second kappa shape index (κ2) is 9.61. The van der Waals surface area contributed by atoms with Crippen molar-refractivity contribution in [3.8, 4) is 0 Å². The van der Waals surface area contributed by atoms with Crippen molar-refractivity contribution in [1.82, 2.24) is 9.21 Å². The molecule has 0 radical (unpaired) electrons. The van der Waals surface area contributed by atoms with Crippen LogP contribution in [0.15, 0.2) is 0 Å². The Morgan fingerprint density at radius 3 is 1.77 bits per heavy atom. The number of alkyl halides is 2. The third-order valence-electron chi connectivity index (χ3n) is 3.90. The van der Waals surface area contributed by atoms with Crippen molar-refractivity contribution in [2.24, 2.45) is 0 Å². The summed E-state index contributed by atoms with van der Waals surface area (Å²) < 4.78 is 0.741. The van der Waals surface area contributed by atoms with Gasteiger partial charge in [-0.15, -0.1) is 0 Å². The van der Waals surface area contributed by atoms with E-state index in [2.05, 4.69) is 4.31 Å². The zero-order valence-electron chi connectivity index (χ0n) is 14.3. The van der Waals surface area contributed by atoms with E-state index in [0.717, 1.165) is 25.9 Å². The monoisotopic (exact) mass is 368 g/mol. The van der Waals surface area contributed by atoms with E-state index in [1.165, 1.54) is 37.6 Å². The van der Waals surface area contributed by atoms with Crippen molar-refractivity contribution < 1.29 is 4.79 Å². The molecule has 1 saturated heterocycles. The van der Waals surface area contributed by atoms with Crippen molar-refractivity contribution in [3.63, 3.8) is 0 Å². The summed E-state index contributed by atoms with van der Waals surface area (Å²) in [5.74, 6) is -0.203. The Morgan fingerprint density at radius 2 is 1.36 bits per heavy atom. The highest BCUT2D eigenvalue weighted by Gasteiger charge is 2.42. The van der Waals surface area contributed by atoms with Gasteiger partial charge in [0.2, 0.25) is 0 Å². The Labute approximate surface area is 150 Å². The maximum absolute atomic E-state index is 12.8. The third-order valence-corrected chi connectivity index (χ3v) is 5.67. The van der Waals surface area contributed by atoms with Gasteiger partial charge in [0.1, 0.15) is 0 Å². The SMILES string of the molecule is CC(C)N(C(=O)C(Cl)(Cl)SN1CCCCCCCC1)C(C)C. The first-order valence-corrected chi connectivity index (χ1v) is 9.93. The molecule has 0 aromatic carbocycles. The Bertz CT molecular complexity index is 333. The Morgan fingerprint density at radius 1 is 0.955 bits per heavy atom. The fourth-order valence-corrected chi connectivity index (χ4v) is 4.63. The molecule has 3 nitrogen and oxygen atoms in total. The molecule has 0 saturated carbocycles. The molecule has 0 aromatic heterocycles. The Balaban J connectivity index is 2.71. The van der Waals surface area contributed by atoms with Gasteiger partial charge in [-0.1, -0.05) is 48.9 Å². The van der Waals surface area contributed by atoms with Gasteiger partial charge >= 0.3 is 0 Å². The zero-order valence-corrected chi connectivity index (χ0v) is 16.6. The van der Waals surface area contributed by atoms with Crippen molar-refractivity contribution in [2.45, 2.75) is 82.0 Å². The minimum absolute atomic E-state index is 0.0838. The maximum atomic E-state index is 12.8. The largest absolute Gasteiger partial charge is 0.334 e. The lowest BCUT2D eigenvalue weighted by Gasteiger charge is -2.36. The number of hydrogen-bond acceptors (Lipinski definition) is 3. The molecule has 1 aliphatic heterocycles. The number of nitrogens with zero attached hydrogens (tertiary/aromatic N) is 2. The lowest BCUT2D eigenvalue weighted by molar-refractivity contribution is -0.133. The van der Waals surface area contributed by atoms with Crippen molar-refractivity contribution in [1.29, 1.82) is 0 Å². The summed E-state index contributed by atoms with van der Waals surface area (Å²) in [6.45, 7) is 9.86. The summed E-state index contributed by atoms with van der Waals surface area (Å²) in [5, 5.41) is 0. The maximum Gasteiger partial charge on any atom is 0.271 e. The van der Waals surface area contributed by atoms with Gasteiger partial charge in [-0.05, 0) is 52.5 Å². The molecule has 0 aliphatic carbocycles. The standard InChI is InChI=1S/C16H30Cl2N2OS/c1-13(2)20(14(3)4)15(21)16(17,18)22-19-11-9-7-5-6-8-10-12-19/h13-14H,5-12H2,1-4H3. The molecule has 22 heavy (non-hydrogen) atoms. The van der Waals surface area contributed by atoms with Crippen LogP contribution >= 0.6 is 35.1 Å². The molecule has 0 spiro atoms. The van der Waals surface area contributed by atoms with Crippen LogP contribution in [-0.4, -0.2) is 44.0 Å². The fourth-order valence-electron chi connectivity index (χ4n) is 2.90. The average molecular weight is 369 g/mol. The second-order valence-corrected chi connectivity index (χ2v) is 9.65. The molecular weight excluding hydrogens is 339 g/mol. The van der Waals surface area contributed by atoms with Crippen molar-refractivity contribution in [3.05, 3.63) is 0 Å². The number of rotatable bonds is 5. The predicted molar refractivity (Wildman–Crippen MR) is 98.4 cm³/mol. The molecular formula is C16H30Cl2N2OS. The number of carbonyl (C=O) groups excluding carboxylic acids is 1. The average Bonchev–Trinajstić information content (AvgIpc) is 2.51. The molecule has 0 aromatic rings. The molecule has 6 heteroatoms. The summed E-state index contributed by atoms with van der Waals surface area (Å²) in [5.41, 5.74) is 0. The van der Waals surface area contributed by atoms with E-state index in [4.69, 9.17) is 23.2 Å². The van der Waals surface area contributed by atoms with Gasteiger partial charge in [-0.25, -0.2) is 4.31 Å². The molecule has 130 valence electrons. The molecule has 1 amide bonds. The summed E-state index contributed by atoms with van der Waals surface area (Å²) in [6, 6.07) is 0.168. The first kappa shape index (κ1) is 20.4. The van der Waals surface area contributed by atoms with E-state index in [1.54, 1.807) is 4.90 Å². The summed E-state index contributed by atoms with van der Waals surface area (Å²) >= 11 is 14.2. The van der Waals surface area contributed by atoms with Crippen LogP contribution < -0.4 is 0 Å². The molecule has 1 heterocycles. The normalized spacial score (nSPS) is 18.9. The zero-order chi connectivity index (χ0) is 16.8. The van der Waals surface area contributed by atoms with Crippen molar-refractivity contribution >= 4 is 41.1 Å². The van der Waals surface area contributed by atoms with Gasteiger partial charge < -0.3 is 4.90 Å². The van der Waals surface area contributed by atoms with Gasteiger partial charge in [-0.2, -0.15) is 0 Å². The quantitative estimate of drug-likeness (QED) is 0.499. The van der Waals surface area contributed by atoms with Crippen LogP contribution in [0.2, 0.25) is 0 Å². The molecule has 1 rings (SSSR count). The summed E-state index contributed by atoms with van der Waals surface area (Å²) in [7, 11) is 0. The number of amides is 1. The Kier molecular flexibility index (Phi) is 8.91. The van der Waals surface area contributed by atoms with E-state index < -0.39 is 3.67 Å². The van der Waals surface area contributed by atoms with Crippen molar-refractivity contribution in [2.75, 3.05) is 13.1 Å². The van der Waals surface area contributed by atoms with E-state index in [-0.39, 0.29) is 18.0 Å². The minimum Gasteiger partial charge on any atom is -0.334 e. The van der Waals surface area contributed by atoms with Crippen LogP contribution in [0.3, 0.4) is 0 Å². The van der Waals surface area contributed by atoms with Crippen LogP contribution in [-0.2, 0) is 4.79 Å². The van der Waals surface area contributed by atoms with Gasteiger partial charge in [0.05, 0.1) is 0 Å². The van der Waals surface area contributed by atoms with Gasteiger partial charge in [0.15, 0.2) is 0 Å². The van der Waals surface area contributed by atoms with Crippen LogP contribution in [0.25, 0.3) is 0 Å². The minimum atomic E-state index is -1.44. The second-order valence-electron chi connectivity index (χ2n) is 6.56. The van der Waals surface area contributed by atoms with Crippen LogP contribution in [0.1, 0.15) is 66.2 Å². The van der Waals surface area contributed by atoms with E-state index in [1.807, 2.05) is 27.7 Å².